The minimum absolute atomic E-state index is 0.0701. The summed E-state index contributed by atoms with van der Waals surface area (Å²) >= 11 is 1.75. The Bertz CT molecular complexity index is 693. The van der Waals surface area contributed by atoms with Crippen molar-refractivity contribution in [2.75, 3.05) is 20.1 Å². The van der Waals surface area contributed by atoms with Crippen LogP contribution in [0.5, 0.6) is 0 Å². The first kappa shape index (κ1) is 20.4. The van der Waals surface area contributed by atoms with Gasteiger partial charge in [0, 0.05) is 49.2 Å². The van der Waals surface area contributed by atoms with E-state index in [-0.39, 0.29) is 11.6 Å². The topological polar surface area (TPSA) is 61.3 Å². The molecular weight excluding hydrogens is 342 g/mol. The normalized spacial score (nSPS) is 13.5. The van der Waals surface area contributed by atoms with E-state index in [4.69, 9.17) is 0 Å². The first-order chi connectivity index (χ1) is 12.4. The summed E-state index contributed by atoms with van der Waals surface area (Å²) in [4.78, 5) is 9.96. The Balaban J connectivity index is 1.76. The average molecular weight is 374 g/mol. The van der Waals surface area contributed by atoms with Crippen LogP contribution < -0.4 is 16.0 Å². The van der Waals surface area contributed by atoms with Crippen molar-refractivity contribution in [1.82, 2.24) is 20.9 Å². The van der Waals surface area contributed by atoms with Gasteiger partial charge in [0.1, 0.15) is 0 Å². The van der Waals surface area contributed by atoms with Crippen molar-refractivity contribution in [3.8, 4) is 0 Å². The minimum atomic E-state index is -0.0701. The summed E-state index contributed by atoms with van der Waals surface area (Å²) in [6.45, 7) is 10.3. The molecule has 2 rings (SSSR count). The van der Waals surface area contributed by atoms with Gasteiger partial charge in [0.25, 0.3) is 0 Å². The van der Waals surface area contributed by atoms with Gasteiger partial charge in [0.2, 0.25) is 0 Å². The number of aromatic nitrogens is 1. The number of nitrogens with zero attached hydrogens (tertiary/aromatic N) is 2. The monoisotopic (exact) mass is 373 g/mol. The molecule has 0 saturated heterocycles. The van der Waals surface area contributed by atoms with Crippen molar-refractivity contribution in [1.29, 1.82) is 0 Å². The van der Waals surface area contributed by atoms with Gasteiger partial charge in [-0.25, -0.2) is 4.98 Å². The molecule has 1 aromatic heterocycles. The second kappa shape index (κ2) is 9.69. The third kappa shape index (κ3) is 6.77. The van der Waals surface area contributed by atoms with Crippen LogP contribution in [0.25, 0.3) is 0 Å². The molecule has 1 heterocycles. The van der Waals surface area contributed by atoms with Gasteiger partial charge < -0.3 is 16.0 Å². The lowest BCUT2D eigenvalue weighted by Gasteiger charge is -2.31. The third-order valence-electron chi connectivity index (χ3n) is 4.13. The molecule has 0 bridgehead atoms. The molecular formula is C20H31N5S. The Morgan fingerprint density at radius 2 is 1.96 bits per heavy atom. The number of hydrogen-bond donors (Lipinski definition) is 3. The van der Waals surface area contributed by atoms with E-state index in [2.05, 4.69) is 77.9 Å². The molecule has 26 heavy (non-hydrogen) atoms. The van der Waals surface area contributed by atoms with E-state index in [9.17, 15) is 0 Å². The Kier molecular flexibility index (Phi) is 7.60. The van der Waals surface area contributed by atoms with Gasteiger partial charge in [-0.2, -0.15) is 0 Å². The second-order valence-corrected chi connectivity index (χ2v) is 8.45. The van der Waals surface area contributed by atoms with E-state index in [1.165, 1.54) is 10.4 Å². The average Bonchev–Trinajstić information content (AvgIpc) is 3.03. The van der Waals surface area contributed by atoms with Gasteiger partial charge in [0.05, 0.1) is 5.01 Å². The Labute approximate surface area is 161 Å². The summed E-state index contributed by atoms with van der Waals surface area (Å²) in [5.74, 6) is 0.820. The molecule has 0 aliphatic heterocycles. The van der Waals surface area contributed by atoms with Crippen LogP contribution >= 0.6 is 11.3 Å². The molecule has 1 atom stereocenters. The molecule has 6 heteroatoms. The number of thiazole rings is 1. The highest BCUT2D eigenvalue weighted by Gasteiger charge is 2.21. The number of nitrogens with one attached hydrogen (secondary N) is 3. The molecule has 0 aliphatic rings. The summed E-state index contributed by atoms with van der Waals surface area (Å²) in [6.07, 6.45) is 2.83. The number of aliphatic imine (C=N–C) groups is 1. The van der Waals surface area contributed by atoms with Gasteiger partial charge in [0.15, 0.2) is 5.96 Å². The van der Waals surface area contributed by atoms with Crippen LogP contribution in [0.15, 0.2) is 41.5 Å². The van der Waals surface area contributed by atoms with Crippen LogP contribution in [0.3, 0.4) is 0 Å². The smallest absolute Gasteiger partial charge is 0.191 e. The second-order valence-electron chi connectivity index (χ2n) is 7.13. The fraction of sp³-hybridized carbons (Fsp3) is 0.500. The largest absolute Gasteiger partial charge is 0.356 e. The fourth-order valence-electron chi connectivity index (χ4n) is 2.79. The van der Waals surface area contributed by atoms with E-state index in [0.29, 0.717) is 0 Å². The molecule has 3 N–H and O–H groups in total. The maximum Gasteiger partial charge on any atom is 0.191 e. The predicted octanol–water partition coefficient (Wildman–Crippen LogP) is 3.29. The zero-order valence-electron chi connectivity index (χ0n) is 16.5. The van der Waals surface area contributed by atoms with Crippen LogP contribution in [0.2, 0.25) is 0 Å². The Morgan fingerprint density at radius 3 is 2.58 bits per heavy atom. The van der Waals surface area contributed by atoms with Crippen LogP contribution in [-0.2, 0) is 6.42 Å². The highest BCUT2D eigenvalue weighted by atomic mass is 32.1. The van der Waals surface area contributed by atoms with Gasteiger partial charge in [-0.1, -0.05) is 30.3 Å². The summed E-state index contributed by atoms with van der Waals surface area (Å²) < 4.78 is 0. The van der Waals surface area contributed by atoms with E-state index in [0.717, 1.165) is 30.5 Å². The molecule has 1 unspecified atom stereocenters. The third-order valence-corrected chi connectivity index (χ3v) is 5.10. The van der Waals surface area contributed by atoms with Crippen LogP contribution in [0.4, 0.5) is 0 Å². The summed E-state index contributed by atoms with van der Waals surface area (Å²) in [6, 6.07) is 10.8. The van der Waals surface area contributed by atoms with Crippen molar-refractivity contribution in [2.45, 2.75) is 45.7 Å². The SMILES string of the molecule is CN=C(NCCc1ncc(C)s1)NCC(C)(C)NC(C)c1ccccc1. The van der Waals surface area contributed by atoms with Gasteiger partial charge in [-0.15, -0.1) is 11.3 Å². The first-order valence-corrected chi connectivity index (χ1v) is 9.90. The van der Waals surface area contributed by atoms with E-state index < -0.39 is 0 Å². The molecule has 0 spiro atoms. The van der Waals surface area contributed by atoms with Gasteiger partial charge >= 0.3 is 0 Å². The van der Waals surface area contributed by atoms with E-state index in [1.54, 1.807) is 18.4 Å². The number of benzene rings is 1. The molecule has 142 valence electrons. The highest BCUT2D eigenvalue weighted by Crippen LogP contribution is 2.15. The number of rotatable bonds is 8. The summed E-state index contributed by atoms with van der Waals surface area (Å²) in [5, 5.41) is 11.6. The maximum atomic E-state index is 4.39. The standard InChI is InChI=1S/C20H31N5S/c1-15-13-23-18(26-15)11-12-22-19(21-5)24-14-20(3,4)25-16(2)17-9-7-6-8-10-17/h6-10,13,16,25H,11-12,14H2,1-5H3,(H2,21,22,24). The lowest BCUT2D eigenvalue weighted by Crippen LogP contribution is -2.52. The lowest BCUT2D eigenvalue weighted by atomic mass is 10.0. The van der Waals surface area contributed by atoms with Crippen molar-refractivity contribution in [2.24, 2.45) is 4.99 Å². The Hall–Kier alpha value is -1.92. The predicted molar refractivity (Wildman–Crippen MR) is 112 cm³/mol. The van der Waals surface area contributed by atoms with Crippen LogP contribution in [0.1, 0.15) is 42.3 Å². The minimum Gasteiger partial charge on any atom is -0.356 e. The lowest BCUT2D eigenvalue weighted by molar-refractivity contribution is 0.345. The molecule has 0 amide bonds. The highest BCUT2D eigenvalue weighted by molar-refractivity contribution is 7.11. The van der Waals surface area contributed by atoms with E-state index >= 15 is 0 Å². The zero-order valence-corrected chi connectivity index (χ0v) is 17.3. The maximum absolute atomic E-state index is 4.39. The van der Waals surface area contributed by atoms with Crippen LogP contribution in [0, 0.1) is 6.92 Å². The van der Waals surface area contributed by atoms with Crippen LogP contribution in [-0.4, -0.2) is 36.6 Å². The van der Waals surface area contributed by atoms with Crippen molar-refractivity contribution in [3.05, 3.63) is 52.0 Å². The van der Waals surface area contributed by atoms with Crippen molar-refractivity contribution < 1.29 is 0 Å². The molecule has 0 radical (unpaired) electrons. The van der Waals surface area contributed by atoms with Gasteiger partial charge in [-0.05, 0) is 33.3 Å². The van der Waals surface area contributed by atoms with Gasteiger partial charge in [-0.3, -0.25) is 4.99 Å². The molecule has 0 fully saturated rings. The first-order valence-electron chi connectivity index (χ1n) is 9.08. The Morgan fingerprint density at radius 1 is 1.23 bits per heavy atom. The summed E-state index contributed by atoms with van der Waals surface area (Å²) in [7, 11) is 1.80. The fourth-order valence-corrected chi connectivity index (χ4v) is 3.58. The molecule has 1 aromatic carbocycles. The molecule has 0 saturated carbocycles. The number of hydrogen-bond acceptors (Lipinski definition) is 4. The molecule has 0 aliphatic carbocycles. The quantitative estimate of drug-likeness (QED) is 0.491. The molecule has 2 aromatic rings. The zero-order chi connectivity index (χ0) is 19.0. The van der Waals surface area contributed by atoms with Crippen molar-refractivity contribution >= 4 is 17.3 Å². The number of guanidine groups is 1. The number of aryl methyl sites for hydroxylation is 1. The van der Waals surface area contributed by atoms with Crippen molar-refractivity contribution in [3.63, 3.8) is 0 Å². The molecule has 5 nitrogen and oxygen atoms in total. The van der Waals surface area contributed by atoms with E-state index in [1.807, 2.05) is 12.3 Å². The summed E-state index contributed by atoms with van der Waals surface area (Å²) in [5.41, 5.74) is 1.22.